The molecule has 102 valence electrons. The zero-order valence-electron chi connectivity index (χ0n) is 11.2. The first-order chi connectivity index (χ1) is 9.13. The monoisotopic (exact) mass is 260 g/mol. The molecule has 3 rings (SSSR count). The average molecular weight is 260 g/mol. The van der Waals surface area contributed by atoms with Crippen LogP contribution in [0.1, 0.15) is 36.2 Å². The number of hydrogen-bond donors (Lipinski definition) is 1. The molecule has 0 spiro atoms. The summed E-state index contributed by atoms with van der Waals surface area (Å²) in [6.07, 6.45) is 7.15. The van der Waals surface area contributed by atoms with Gasteiger partial charge in [-0.15, -0.1) is 0 Å². The van der Waals surface area contributed by atoms with Crippen LogP contribution in [0.5, 0.6) is 0 Å². The van der Waals surface area contributed by atoms with Gasteiger partial charge in [0.25, 0.3) is 0 Å². The number of aromatic carboxylic acids is 1. The third-order valence-electron chi connectivity index (χ3n) is 4.80. The van der Waals surface area contributed by atoms with Crippen molar-refractivity contribution in [2.75, 3.05) is 18.5 Å². The molecule has 1 N–H and O–H groups in total. The topological polar surface area (TPSA) is 53.4 Å². The molecule has 1 aromatic rings. The summed E-state index contributed by atoms with van der Waals surface area (Å²) in [4.78, 5) is 17.0. The highest BCUT2D eigenvalue weighted by Crippen LogP contribution is 2.48. The van der Waals surface area contributed by atoms with E-state index in [0.717, 1.165) is 30.0 Å². The van der Waals surface area contributed by atoms with E-state index in [0.29, 0.717) is 0 Å². The molecule has 2 saturated carbocycles. The predicted molar refractivity (Wildman–Crippen MR) is 73.4 cm³/mol. The number of fused-ring (bicyclic) bond motifs is 2. The van der Waals surface area contributed by atoms with Crippen molar-refractivity contribution in [2.45, 2.75) is 25.7 Å². The smallest absolute Gasteiger partial charge is 0.354 e. The minimum atomic E-state index is -0.963. The fourth-order valence-electron chi connectivity index (χ4n) is 3.83. The molecule has 2 bridgehead atoms. The largest absolute Gasteiger partial charge is 0.477 e. The van der Waals surface area contributed by atoms with Crippen molar-refractivity contribution in [3.05, 3.63) is 24.0 Å². The Morgan fingerprint density at radius 1 is 1.47 bits per heavy atom. The van der Waals surface area contributed by atoms with Gasteiger partial charge in [0.15, 0.2) is 0 Å². The van der Waals surface area contributed by atoms with Crippen molar-refractivity contribution in [3.8, 4) is 0 Å². The number of hydrogen-bond acceptors (Lipinski definition) is 3. The summed E-state index contributed by atoms with van der Waals surface area (Å²) in [5.74, 6) is 1.67. The van der Waals surface area contributed by atoms with Crippen molar-refractivity contribution in [1.82, 2.24) is 4.98 Å². The fraction of sp³-hybridized carbons (Fsp3) is 0.600. The second-order valence-electron chi connectivity index (χ2n) is 6.02. The first-order valence-corrected chi connectivity index (χ1v) is 7.04. The van der Waals surface area contributed by atoms with Gasteiger partial charge in [-0.2, -0.15) is 0 Å². The Hall–Kier alpha value is -1.58. The normalized spacial score (nSPS) is 28.6. The summed E-state index contributed by atoms with van der Waals surface area (Å²) in [5, 5.41) is 8.98. The second-order valence-corrected chi connectivity index (χ2v) is 6.02. The molecule has 0 saturated heterocycles. The van der Waals surface area contributed by atoms with Crippen LogP contribution in [0.15, 0.2) is 18.3 Å². The molecule has 0 radical (unpaired) electrons. The van der Waals surface area contributed by atoms with Crippen LogP contribution >= 0.6 is 0 Å². The van der Waals surface area contributed by atoms with E-state index in [1.54, 1.807) is 12.3 Å². The van der Waals surface area contributed by atoms with Gasteiger partial charge in [0.05, 0.1) is 0 Å². The molecule has 4 heteroatoms. The van der Waals surface area contributed by atoms with E-state index in [1.807, 2.05) is 13.1 Å². The van der Waals surface area contributed by atoms with E-state index >= 15 is 0 Å². The summed E-state index contributed by atoms with van der Waals surface area (Å²) >= 11 is 0. The molecular weight excluding hydrogens is 240 g/mol. The molecular formula is C15H20N2O2. The highest BCUT2D eigenvalue weighted by atomic mass is 16.4. The number of pyridine rings is 1. The standard InChI is InChI=1S/C15H20N2O2/c1-17(9-12-7-10-2-3-11(12)6-10)13-4-5-16-14(8-13)15(18)19/h4-5,8,10-12H,2-3,6-7,9H2,1H3,(H,18,19). The van der Waals surface area contributed by atoms with Gasteiger partial charge < -0.3 is 10.0 Å². The van der Waals surface area contributed by atoms with E-state index in [2.05, 4.69) is 9.88 Å². The summed E-state index contributed by atoms with van der Waals surface area (Å²) in [6, 6.07) is 3.55. The van der Waals surface area contributed by atoms with Crippen LogP contribution in [0.25, 0.3) is 0 Å². The molecule has 0 aliphatic heterocycles. The Labute approximate surface area is 113 Å². The van der Waals surface area contributed by atoms with Gasteiger partial charge in [0, 0.05) is 25.5 Å². The van der Waals surface area contributed by atoms with Crippen LogP contribution in [-0.4, -0.2) is 29.7 Å². The van der Waals surface area contributed by atoms with E-state index in [1.165, 1.54) is 25.7 Å². The van der Waals surface area contributed by atoms with Crippen LogP contribution in [-0.2, 0) is 0 Å². The summed E-state index contributed by atoms with van der Waals surface area (Å²) in [5.41, 5.74) is 1.08. The van der Waals surface area contributed by atoms with Crippen molar-refractivity contribution >= 4 is 11.7 Å². The molecule has 0 amide bonds. The van der Waals surface area contributed by atoms with Gasteiger partial charge in [-0.25, -0.2) is 9.78 Å². The third kappa shape index (κ3) is 2.44. The number of anilines is 1. The molecule has 2 fully saturated rings. The average Bonchev–Trinajstić information content (AvgIpc) is 3.01. The van der Waals surface area contributed by atoms with Crippen molar-refractivity contribution < 1.29 is 9.90 Å². The lowest BCUT2D eigenvalue weighted by molar-refractivity contribution is 0.0690. The molecule has 3 atom stereocenters. The van der Waals surface area contributed by atoms with E-state index in [4.69, 9.17) is 5.11 Å². The number of carboxylic acid groups (broad SMARTS) is 1. The molecule has 4 nitrogen and oxygen atoms in total. The number of nitrogens with zero attached hydrogens (tertiary/aromatic N) is 2. The SMILES string of the molecule is CN(CC1CC2CCC1C2)c1ccnc(C(=O)O)c1. The number of rotatable bonds is 4. The van der Waals surface area contributed by atoms with Gasteiger partial charge in [0.2, 0.25) is 0 Å². The maximum Gasteiger partial charge on any atom is 0.354 e. The second kappa shape index (κ2) is 4.83. The maximum absolute atomic E-state index is 10.9. The van der Waals surface area contributed by atoms with Crippen LogP contribution < -0.4 is 4.90 Å². The van der Waals surface area contributed by atoms with Gasteiger partial charge in [-0.3, -0.25) is 0 Å². The Balaban J connectivity index is 1.68. The fourth-order valence-corrected chi connectivity index (χ4v) is 3.83. The van der Waals surface area contributed by atoms with Crippen LogP contribution in [0, 0.1) is 17.8 Å². The third-order valence-corrected chi connectivity index (χ3v) is 4.80. The molecule has 1 heterocycles. The number of carbonyl (C=O) groups is 1. The summed E-state index contributed by atoms with van der Waals surface area (Å²) in [7, 11) is 2.05. The van der Waals surface area contributed by atoms with Crippen molar-refractivity contribution in [3.63, 3.8) is 0 Å². The zero-order valence-corrected chi connectivity index (χ0v) is 11.2. The quantitative estimate of drug-likeness (QED) is 0.904. The number of carboxylic acids is 1. The lowest BCUT2D eigenvalue weighted by Gasteiger charge is -2.28. The highest BCUT2D eigenvalue weighted by Gasteiger charge is 2.39. The van der Waals surface area contributed by atoms with E-state index in [9.17, 15) is 4.79 Å². The van der Waals surface area contributed by atoms with Gasteiger partial charge in [-0.1, -0.05) is 6.42 Å². The highest BCUT2D eigenvalue weighted by molar-refractivity contribution is 5.86. The maximum atomic E-state index is 10.9. The minimum Gasteiger partial charge on any atom is -0.477 e. The van der Waals surface area contributed by atoms with Crippen LogP contribution in [0.2, 0.25) is 0 Å². The first kappa shape index (κ1) is 12.5. The Bertz CT molecular complexity index is 489. The molecule has 19 heavy (non-hydrogen) atoms. The van der Waals surface area contributed by atoms with Crippen LogP contribution in [0.3, 0.4) is 0 Å². The zero-order chi connectivity index (χ0) is 13.4. The Kier molecular flexibility index (Phi) is 3.17. The lowest BCUT2D eigenvalue weighted by Crippen LogP contribution is -2.28. The van der Waals surface area contributed by atoms with E-state index in [-0.39, 0.29) is 5.69 Å². The molecule has 2 aliphatic rings. The Morgan fingerprint density at radius 3 is 2.95 bits per heavy atom. The Morgan fingerprint density at radius 2 is 2.32 bits per heavy atom. The van der Waals surface area contributed by atoms with E-state index < -0.39 is 5.97 Å². The minimum absolute atomic E-state index is 0.122. The molecule has 1 aromatic heterocycles. The van der Waals surface area contributed by atoms with Gasteiger partial charge in [-0.05, 0) is 49.1 Å². The molecule has 0 aromatic carbocycles. The first-order valence-electron chi connectivity index (χ1n) is 7.04. The molecule has 3 unspecified atom stereocenters. The summed E-state index contributed by atoms with van der Waals surface area (Å²) < 4.78 is 0. The predicted octanol–water partition coefficient (Wildman–Crippen LogP) is 2.65. The van der Waals surface area contributed by atoms with Crippen molar-refractivity contribution in [2.24, 2.45) is 17.8 Å². The van der Waals surface area contributed by atoms with Crippen molar-refractivity contribution in [1.29, 1.82) is 0 Å². The van der Waals surface area contributed by atoms with Crippen LogP contribution in [0.4, 0.5) is 5.69 Å². The molecule has 2 aliphatic carbocycles. The van der Waals surface area contributed by atoms with Gasteiger partial charge >= 0.3 is 5.97 Å². The number of aromatic nitrogens is 1. The van der Waals surface area contributed by atoms with Gasteiger partial charge in [0.1, 0.15) is 5.69 Å². The summed E-state index contributed by atoms with van der Waals surface area (Å²) in [6.45, 7) is 1.03. The lowest BCUT2D eigenvalue weighted by atomic mass is 9.88.